The number of aromatic nitrogens is 2. The molecule has 0 aliphatic heterocycles. The van der Waals surface area contributed by atoms with Gasteiger partial charge >= 0.3 is 0 Å². The normalized spacial score (nSPS) is 17.9. The summed E-state index contributed by atoms with van der Waals surface area (Å²) in [5.74, 6) is 0.761. The molecule has 4 nitrogen and oxygen atoms in total. The second kappa shape index (κ2) is 5.85. The van der Waals surface area contributed by atoms with Crippen LogP contribution >= 0.6 is 11.6 Å². The number of nitrogens with zero attached hydrogens (tertiary/aromatic N) is 2. The van der Waals surface area contributed by atoms with Gasteiger partial charge in [-0.25, -0.2) is 9.97 Å². The summed E-state index contributed by atoms with van der Waals surface area (Å²) in [7, 11) is 0. The zero-order chi connectivity index (χ0) is 13.0. The molecule has 0 amide bonds. The van der Waals surface area contributed by atoms with Gasteiger partial charge in [-0.3, -0.25) is 0 Å². The molecule has 0 spiro atoms. The van der Waals surface area contributed by atoms with E-state index in [1.165, 1.54) is 6.33 Å². The van der Waals surface area contributed by atoms with Crippen molar-refractivity contribution in [3.8, 4) is 0 Å². The number of aliphatic hydroxyl groups is 1. The molecule has 100 valence electrons. The molecule has 0 aromatic carbocycles. The fraction of sp³-hybridized carbons (Fsp3) is 0.692. The third-order valence-corrected chi connectivity index (χ3v) is 3.84. The van der Waals surface area contributed by atoms with Crippen molar-refractivity contribution in [1.29, 1.82) is 0 Å². The summed E-state index contributed by atoms with van der Waals surface area (Å²) in [6, 6.07) is 0. The molecule has 18 heavy (non-hydrogen) atoms. The van der Waals surface area contributed by atoms with Crippen LogP contribution in [0.1, 0.15) is 44.6 Å². The smallest absolute Gasteiger partial charge is 0.137 e. The zero-order valence-corrected chi connectivity index (χ0v) is 11.5. The maximum atomic E-state index is 10.3. The van der Waals surface area contributed by atoms with Gasteiger partial charge in [-0.2, -0.15) is 0 Å². The molecule has 1 aliphatic rings. The maximum Gasteiger partial charge on any atom is 0.137 e. The van der Waals surface area contributed by atoms with Crippen molar-refractivity contribution in [3.05, 3.63) is 17.0 Å². The van der Waals surface area contributed by atoms with Gasteiger partial charge in [0.15, 0.2) is 0 Å². The van der Waals surface area contributed by atoms with E-state index in [1.807, 2.05) is 0 Å². The largest absolute Gasteiger partial charge is 0.388 e. The number of hydrogen-bond donors (Lipinski definition) is 2. The molecule has 1 saturated carbocycles. The number of hydrogen-bond acceptors (Lipinski definition) is 4. The lowest BCUT2D eigenvalue weighted by atomic mass is 10.0. The Morgan fingerprint density at radius 2 is 2.11 bits per heavy atom. The van der Waals surface area contributed by atoms with Gasteiger partial charge in [0.1, 0.15) is 17.3 Å². The van der Waals surface area contributed by atoms with Gasteiger partial charge in [-0.15, -0.1) is 0 Å². The van der Waals surface area contributed by atoms with E-state index in [4.69, 9.17) is 11.6 Å². The second-order valence-electron chi connectivity index (χ2n) is 5.03. The van der Waals surface area contributed by atoms with Crippen LogP contribution in [0.25, 0.3) is 0 Å². The minimum Gasteiger partial charge on any atom is -0.388 e. The van der Waals surface area contributed by atoms with E-state index >= 15 is 0 Å². The van der Waals surface area contributed by atoms with Crippen molar-refractivity contribution in [3.63, 3.8) is 0 Å². The first kappa shape index (κ1) is 13.6. The van der Waals surface area contributed by atoms with E-state index in [9.17, 15) is 5.11 Å². The van der Waals surface area contributed by atoms with E-state index < -0.39 is 5.60 Å². The average molecular weight is 270 g/mol. The van der Waals surface area contributed by atoms with Crippen LogP contribution in [0.2, 0.25) is 5.15 Å². The first-order valence-corrected chi connectivity index (χ1v) is 6.98. The van der Waals surface area contributed by atoms with Crippen LogP contribution in [0.5, 0.6) is 0 Å². The fourth-order valence-electron chi connectivity index (χ4n) is 2.47. The molecule has 5 heteroatoms. The Bertz CT molecular complexity index is 405. The predicted molar refractivity (Wildman–Crippen MR) is 72.9 cm³/mol. The number of nitrogens with one attached hydrogen (secondary N) is 1. The van der Waals surface area contributed by atoms with Crippen LogP contribution in [0.4, 0.5) is 5.82 Å². The van der Waals surface area contributed by atoms with Crippen LogP contribution in [-0.4, -0.2) is 27.2 Å². The van der Waals surface area contributed by atoms with Gasteiger partial charge in [0.05, 0.1) is 5.60 Å². The maximum absolute atomic E-state index is 10.3. The van der Waals surface area contributed by atoms with Gasteiger partial charge in [0.2, 0.25) is 0 Å². The van der Waals surface area contributed by atoms with Crippen molar-refractivity contribution in [2.75, 3.05) is 11.9 Å². The van der Waals surface area contributed by atoms with Crippen LogP contribution in [0.3, 0.4) is 0 Å². The van der Waals surface area contributed by atoms with Crippen LogP contribution < -0.4 is 5.32 Å². The fourth-order valence-corrected chi connectivity index (χ4v) is 2.70. The van der Waals surface area contributed by atoms with Crippen molar-refractivity contribution >= 4 is 17.4 Å². The highest BCUT2D eigenvalue weighted by molar-refractivity contribution is 6.30. The van der Waals surface area contributed by atoms with Crippen molar-refractivity contribution in [1.82, 2.24) is 9.97 Å². The molecule has 0 saturated heterocycles. The van der Waals surface area contributed by atoms with Crippen LogP contribution in [-0.2, 0) is 6.42 Å². The molecule has 0 unspecified atom stereocenters. The van der Waals surface area contributed by atoms with E-state index in [0.29, 0.717) is 11.7 Å². The monoisotopic (exact) mass is 269 g/mol. The van der Waals surface area contributed by atoms with Crippen molar-refractivity contribution in [2.24, 2.45) is 0 Å². The third kappa shape index (κ3) is 3.12. The standard InChI is InChI=1S/C13H20ClN3O/c1-2-5-10-11(14)16-9-17-12(10)15-8-13(18)6-3-4-7-13/h9,18H,2-8H2,1H3,(H,15,16,17). The number of halogens is 1. The van der Waals surface area contributed by atoms with E-state index in [-0.39, 0.29) is 0 Å². The van der Waals surface area contributed by atoms with Crippen LogP contribution in [0, 0.1) is 0 Å². The predicted octanol–water partition coefficient (Wildman–Crippen LogP) is 2.80. The highest BCUT2D eigenvalue weighted by Gasteiger charge is 2.31. The Morgan fingerprint density at radius 3 is 2.78 bits per heavy atom. The highest BCUT2D eigenvalue weighted by atomic mass is 35.5. The Kier molecular flexibility index (Phi) is 4.40. The summed E-state index contributed by atoms with van der Waals surface area (Å²) >= 11 is 6.08. The van der Waals surface area contributed by atoms with Crippen molar-refractivity contribution < 1.29 is 5.11 Å². The molecule has 0 atom stereocenters. The van der Waals surface area contributed by atoms with E-state index in [0.717, 1.165) is 49.9 Å². The summed E-state index contributed by atoms with van der Waals surface area (Å²) in [5.41, 5.74) is 0.365. The summed E-state index contributed by atoms with van der Waals surface area (Å²) < 4.78 is 0. The van der Waals surface area contributed by atoms with E-state index in [1.54, 1.807) is 0 Å². The van der Waals surface area contributed by atoms with Gasteiger partial charge in [-0.05, 0) is 19.3 Å². The molecule has 1 aromatic rings. The number of anilines is 1. The summed E-state index contributed by atoms with van der Waals surface area (Å²) in [4.78, 5) is 8.24. The van der Waals surface area contributed by atoms with Gasteiger partial charge in [0, 0.05) is 12.1 Å². The van der Waals surface area contributed by atoms with Gasteiger partial charge in [0.25, 0.3) is 0 Å². The Balaban J connectivity index is 2.06. The van der Waals surface area contributed by atoms with Crippen LogP contribution in [0.15, 0.2) is 6.33 Å². The molecule has 1 aromatic heterocycles. The first-order chi connectivity index (χ1) is 8.64. The molecular formula is C13H20ClN3O. The molecule has 2 N–H and O–H groups in total. The second-order valence-corrected chi connectivity index (χ2v) is 5.38. The molecule has 0 radical (unpaired) electrons. The lowest BCUT2D eigenvalue weighted by Crippen LogP contribution is -2.34. The topological polar surface area (TPSA) is 58.0 Å². The molecule has 0 bridgehead atoms. The Morgan fingerprint density at radius 1 is 1.39 bits per heavy atom. The first-order valence-electron chi connectivity index (χ1n) is 6.60. The molecule has 1 fully saturated rings. The van der Waals surface area contributed by atoms with Crippen molar-refractivity contribution in [2.45, 2.75) is 51.0 Å². The lowest BCUT2D eigenvalue weighted by Gasteiger charge is -2.23. The minimum atomic E-state index is -0.582. The summed E-state index contributed by atoms with van der Waals surface area (Å²) in [5, 5.41) is 14.0. The minimum absolute atomic E-state index is 0.507. The number of rotatable bonds is 5. The molecule has 1 aliphatic carbocycles. The van der Waals surface area contributed by atoms with E-state index in [2.05, 4.69) is 22.2 Å². The zero-order valence-electron chi connectivity index (χ0n) is 10.7. The Labute approximate surface area is 113 Å². The highest BCUT2D eigenvalue weighted by Crippen LogP contribution is 2.30. The molecular weight excluding hydrogens is 250 g/mol. The summed E-state index contributed by atoms with van der Waals surface area (Å²) in [6.07, 6.45) is 7.23. The molecule has 2 rings (SSSR count). The van der Waals surface area contributed by atoms with Gasteiger partial charge in [-0.1, -0.05) is 37.8 Å². The molecule has 1 heterocycles. The Hall–Kier alpha value is -0.870. The SMILES string of the molecule is CCCc1c(Cl)ncnc1NCC1(O)CCCC1. The summed E-state index contributed by atoms with van der Waals surface area (Å²) in [6.45, 7) is 2.63. The lowest BCUT2D eigenvalue weighted by molar-refractivity contribution is 0.0614. The quantitative estimate of drug-likeness (QED) is 0.807. The van der Waals surface area contributed by atoms with Gasteiger partial charge < -0.3 is 10.4 Å². The average Bonchev–Trinajstić information content (AvgIpc) is 2.78. The third-order valence-electron chi connectivity index (χ3n) is 3.51.